The van der Waals surface area contributed by atoms with E-state index in [1.807, 2.05) is 6.92 Å². The summed E-state index contributed by atoms with van der Waals surface area (Å²) < 4.78 is 42.7. The molecule has 1 aromatic rings. The molecule has 112 valence electrons. The van der Waals surface area contributed by atoms with Crippen LogP contribution in [0.15, 0.2) is 18.2 Å². The van der Waals surface area contributed by atoms with Gasteiger partial charge in [0.25, 0.3) is 0 Å². The predicted octanol–water partition coefficient (Wildman–Crippen LogP) is 3.77. The summed E-state index contributed by atoms with van der Waals surface area (Å²) in [5, 5.41) is 2.68. The molecule has 0 saturated carbocycles. The number of aryl methyl sites for hydroxylation is 1. The van der Waals surface area contributed by atoms with Crippen molar-refractivity contribution in [1.82, 2.24) is 0 Å². The first-order chi connectivity index (χ1) is 9.34. The minimum atomic E-state index is -4.40. The van der Waals surface area contributed by atoms with Gasteiger partial charge in [0, 0.05) is 5.69 Å². The molecule has 0 atom stereocenters. The molecule has 3 nitrogen and oxygen atoms in total. The van der Waals surface area contributed by atoms with Crippen LogP contribution >= 0.6 is 0 Å². The Kier molecular flexibility index (Phi) is 5.85. The van der Waals surface area contributed by atoms with Crippen molar-refractivity contribution in [2.45, 2.75) is 32.9 Å². The highest BCUT2D eigenvalue weighted by Crippen LogP contribution is 2.31. The summed E-state index contributed by atoms with van der Waals surface area (Å²) in [6.07, 6.45) is -2.71. The molecule has 0 fully saturated rings. The Morgan fingerprint density at radius 3 is 2.65 bits per heavy atom. The largest absolute Gasteiger partial charge is 0.464 e. The SMILES string of the molecule is CCCCOC(=O)CNc1cc(C(F)(F)F)ccc1C. The van der Waals surface area contributed by atoms with Crippen molar-refractivity contribution in [2.75, 3.05) is 18.5 Å². The normalized spacial score (nSPS) is 11.2. The topological polar surface area (TPSA) is 38.3 Å². The highest BCUT2D eigenvalue weighted by Gasteiger charge is 2.30. The third-order valence-corrected chi connectivity index (χ3v) is 2.75. The number of alkyl halides is 3. The lowest BCUT2D eigenvalue weighted by Gasteiger charge is -2.13. The second kappa shape index (κ2) is 7.17. The summed E-state index contributed by atoms with van der Waals surface area (Å²) in [7, 11) is 0. The molecule has 0 unspecified atom stereocenters. The molecule has 0 aliphatic carbocycles. The Morgan fingerprint density at radius 2 is 2.05 bits per heavy atom. The minimum Gasteiger partial charge on any atom is -0.464 e. The average Bonchev–Trinajstić information content (AvgIpc) is 2.36. The van der Waals surface area contributed by atoms with Crippen LogP contribution in [0.25, 0.3) is 0 Å². The van der Waals surface area contributed by atoms with Gasteiger partial charge in [-0.05, 0) is 31.0 Å². The van der Waals surface area contributed by atoms with Crippen molar-refractivity contribution in [1.29, 1.82) is 0 Å². The van der Waals surface area contributed by atoms with Crippen molar-refractivity contribution in [3.8, 4) is 0 Å². The number of rotatable bonds is 6. The zero-order valence-electron chi connectivity index (χ0n) is 11.5. The van der Waals surface area contributed by atoms with Gasteiger partial charge in [-0.3, -0.25) is 4.79 Å². The summed E-state index contributed by atoms with van der Waals surface area (Å²) in [5.41, 5.74) is 0.177. The van der Waals surface area contributed by atoms with Crippen LogP contribution < -0.4 is 5.32 Å². The summed E-state index contributed by atoms with van der Waals surface area (Å²) in [6, 6.07) is 3.38. The molecule has 1 rings (SSSR count). The number of hydrogen-bond acceptors (Lipinski definition) is 3. The number of carbonyl (C=O) groups excluding carboxylic acids is 1. The second-order valence-corrected chi connectivity index (χ2v) is 4.46. The van der Waals surface area contributed by atoms with Crippen LogP contribution in [0, 0.1) is 6.92 Å². The molecule has 1 aromatic carbocycles. The van der Waals surface area contributed by atoms with E-state index in [2.05, 4.69) is 5.32 Å². The van der Waals surface area contributed by atoms with E-state index in [-0.39, 0.29) is 12.2 Å². The van der Waals surface area contributed by atoms with Gasteiger partial charge in [-0.25, -0.2) is 0 Å². The van der Waals surface area contributed by atoms with E-state index in [0.717, 1.165) is 25.0 Å². The Balaban J connectivity index is 2.61. The zero-order valence-corrected chi connectivity index (χ0v) is 11.5. The van der Waals surface area contributed by atoms with Gasteiger partial charge < -0.3 is 10.1 Å². The molecule has 0 aromatic heterocycles. The van der Waals surface area contributed by atoms with Gasteiger partial charge in [-0.1, -0.05) is 19.4 Å². The third kappa shape index (κ3) is 5.11. The monoisotopic (exact) mass is 289 g/mol. The minimum absolute atomic E-state index is 0.147. The maximum atomic E-state index is 12.6. The molecule has 0 amide bonds. The molecule has 0 heterocycles. The maximum Gasteiger partial charge on any atom is 0.416 e. The smallest absolute Gasteiger partial charge is 0.416 e. The predicted molar refractivity (Wildman–Crippen MR) is 70.5 cm³/mol. The summed E-state index contributed by atoms with van der Waals surface area (Å²) in [5.74, 6) is -0.477. The van der Waals surface area contributed by atoms with Gasteiger partial charge in [0.15, 0.2) is 0 Å². The average molecular weight is 289 g/mol. The van der Waals surface area contributed by atoms with E-state index in [0.29, 0.717) is 12.2 Å². The first-order valence-electron chi connectivity index (χ1n) is 6.42. The van der Waals surface area contributed by atoms with E-state index in [1.54, 1.807) is 6.92 Å². The lowest BCUT2D eigenvalue weighted by Crippen LogP contribution is -2.18. The molecule has 1 N–H and O–H groups in total. The van der Waals surface area contributed by atoms with Gasteiger partial charge in [0.05, 0.1) is 12.2 Å². The quantitative estimate of drug-likeness (QED) is 0.640. The lowest BCUT2D eigenvalue weighted by atomic mass is 10.1. The van der Waals surface area contributed by atoms with Crippen LogP contribution in [-0.4, -0.2) is 19.1 Å². The standard InChI is InChI=1S/C14H18F3NO2/c1-3-4-7-20-13(19)9-18-12-8-11(14(15,16)17)6-5-10(12)2/h5-6,8,18H,3-4,7,9H2,1-2H3. The number of halogens is 3. The van der Waals surface area contributed by atoms with E-state index < -0.39 is 17.7 Å². The fourth-order valence-corrected chi connectivity index (χ4v) is 1.54. The van der Waals surface area contributed by atoms with Crippen LogP contribution in [0.5, 0.6) is 0 Å². The van der Waals surface area contributed by atoms with Crippen molar-refractivity contribution in [3.63, 3.8) is 0 Å². The Labute approximate surface area is 116 Å². The zero-order chi connectivity index (χ0) is 15.2. The molecule has 6 heteroatoms. The molecular formula is C14H18F3NO2. The number of ether oxygens (including phenoxy) is 1. The molecule has 0 spiro atoms. The van der Waals surface area contributed by atoms with Gasteiger partial charge in [-0.2, -0.15) is 13.2 Å². The number of carbonyl (C=O) groups is 1. The molecule has 20 heavy (non-hydrogen) atoms. The summed E-state index contributed by atoms with van der Waals surface area (Å²) in [6.45, 7) is 3.83. The molecule has 0 bridgehead atoms. The molecule has 0 aliphatic rings. The van der Waals surface area contributed by atoms with Crippen LogP contribution in [-0.2, 0) is 15.7 Å². The number of unbranched alkanes of at least 4 members (excludes halogenated alkanes) is 1. The maximum absolute atomic E-state index is 12.6. The highest BCUT2D eigenvalue weighted by atomic mass is 19.4. The van der Waals surface area contributed by atoms with Gasteiger partial charge >= 0.3 is 12.1 Å². The number of benzene rings is 1. The fraction of sp³-hybridized carbons (Fsp3) is 0.500. The highest BCUT2D eigenvalue weighted by molar-refractivity contribution is 5.75. The van der Waals surface area contributed by atoms with Crippen LogP contribution in [0.4, 0.5) is 18.9 Å². The fourth-order valence-electron chi connectivity index (χ4n) is 1.54. The lowest BCUT2D eigenvalue weighted by molar-refractivity contribution is -0.141. The van der Waals surface area contributed by atoms with Gasteiger partial charge in [-0.15, -0.1) is 0 Å². The third-order valence-electron chi connectivity index (χ3n) is 2.75. The Morgan fingerprint density at radius 1 is 1.35 bits per heavy atom. The van der Waals surface area contributed by atoms with Crippen LogP contribution in [0.2, 0.25) is 0 Å². The summed E-state index contributed by atoms with van der Waals surface area (Å²) >= 11 is 0. The first-order valence-corrected chi connectivity index (χ1v) is 6.42. The van der Waals surface area contributed by atoms with Crippen molar-refractivity contribution in [3.05, 3.63) is 29.3 Å². The van der Waals surface area contributed by atoms with E-state index in [4.69, 9.17) is 4.74 Å². The molecule has 0 saturated heterocycles. The molecule has 0 aliphatic heterocycles. The van der Waals surface area contributed by atoms with Crippen molar-refractivity contribution < 1.29 is 22.7 Å². The van der Waals surface area contributed by atoms with Crippen molar-refractivity contribution >= 4 is 11.7 Å². The van der Waals surface area contributed by atoms with Gasteiger partial charge in [0.2, 0.25) is 0 Å². The number of anilines is 1. The van der Waals surface area contributed by atoms with E-state index in [9.17, 15) is 18.0 Å². The van der Waals surface area contributed by atoms with E-state index in [1.165, 1.54) is 6.07 Å². The summed E-state index contributed by atoms with van der Waals surface area (Å²) in [4.78, 5) is 11.4. The number of esters is 1. The van der Waals surface area contributed by atoms with E-state index >= 15 is 0 Å². The number of hydrogen-bond donors (Lipinski definition) is 1. The molecular weight excluding hydrogens is 271 g/mol. The van der Waals surface area contributed by atoms with Crippen LogP contribution in [0.1, 0.15) is 30.9 Å². The van der Waals surface area contributed by atoms with Gasteiger partial charge in [0.1, 0.15) is 6.54 Å². The molecule has 0 radical (unpaired) electrons. The van der Waals surface area contributed by atoms with Crippen LogP contribution in [0.3, 0.4) is 0 Å². The second-order valence-electron chi connectivity index (χ2n) is 4.46. The first kappa shape index (κ1) is 16.3. The number of nitrogens with one attached hydrogen (secondary N) is 1. The Hall–Kier alpha value is -1.72. The van der Waals surface area contributed by atoms with Crippen molar-refractivity contribution in [2.24, 2.45) is 0 Å². The Bertz CT molecular complexity index is 458.